The third-order valence-corrected chi connectivity index (χ3v) is 5.49. The van der Waals surface area contributed by atoms with E-state index in [2.05, 4.69) is 5.32 Å². The van der Waals surface area contributed by atoms with E-state index in [0.29, 0.717) is 39.2 Å². The molecule has 0 saturated heterocycles. The fourth-order valence-electron chi connectivity index (χ4n) is 2.10. The fraction of sp³-hybridized carbons (Fsp3) is 0.588. The molecule has 0 aliphatic heterocycles. The smallest absolute Gasteiger partial charge is 0.242 e. The molecule has 0 bridgehead atoms. The summed E-state index contributed by atoms with van der Waals surface area (Å²) in [4.78, 5) is 11.8. The monoisotopic (exact) mass is 390 g/mol. The zero-order valence-corrected chi connectivity index (χ0v) is 16.1. The summed E-state index contributed by atoms with van der Waals surface area (Å²) in [5, 5.41) is 2.76. The second kappa shape index (κ2) is 11.9. The molecule has 7 nitrogen and oxygen atoms in total. The molecule has 0 aliphatic rings. The first-order valence-corrected chi connectivity index (χ1v) is 9.87. The van der Waals surface area contributed by atoms with Gasteiger partial charge >= 0.3 is 0 Å². The highest BCUT2D eigenvalue weighted by molar-refractivity contribution is 7.89. The molecule has 0 radical (unpaired) electrons. The van der Waals surface area contributed by atoms with E-state index in [-0.39, 0.29) is 23.8 Å². The number of nitrogens with one attached hydrogen (secondary N) is 1. The van der Waals surface area contributed by atoms with Gasteiger partial charge in [0.2, 0.25) is 15.9 Å². The Morgan fingerprint density at radius 1 is 1.15 bits per heavy atom. The summed E-state index contributed by atoms with van der Waals surface area (Å²) < 4.78 is 48.8. The van der Waals surface area contributed by atoms with Crippen molar-refractivity contribution in [2.45, 2.75) is 24.2 Å². The Hall–Kier alpha value is -1.55. The van der Waals surface area contributed by atoms with Crippen molar-refractivity contribution in [3.63, 3.8) is 0 Å². The quantitative estimate of drug-likeness (QED) is 0.515. The number of sulfonamides is 1. The van der Waals surface area contributed by atoms with Crippen molar-refractivity contribution in [3.05, 3.63) is 30.1 Å². The molecule has 0 aromatic heterocycles. The van der Waals surface area contributed by atoms with Gasteiger partial charge in [0, 0.05) is 40.3 Å². The van der Waals surface area contributed by atoms with E-state index in [1.54, 1.807) is 7.11 Å². The fourth-order valence-corrected chi connectivity index (χ4v) is 3.31. The maximum atomic E-state index is 12.9. The molecule has 0 aliphatic carbocycles. The van der Waals surface area contributed by atoms with Crippen molar-refractivity contribution >= 4 is 15.9 Å². The highest BCUT2D eigenvalue weighted by atomic mass is 32.2. The van der Waals surface area contributed by atoms with E-state index >= 15 is 0 Å². The second-order valence-electron chi connectivity index (χ2n) is 5.69. The van der Waals surface area contributed by atoms with Crippen LogP contribution in [0.15, 0.2) is 29.2 Å². The molecule has 26 heavy (non-hydrogen) atoms. The van der Waals surface area contributed by atoms with E-state index in [4.69, 9.17) is 9.47 Å². The van der Waals surface area contributed by atoms with Crippen LogP contribution < -0.4 is 5.32 Å². The van der Waals surface area contributed by atoms with Crippen LogP contribution in [0.2, 0.25) is 0 Å². The van der Waals surface area contributed by atoms with Gasteiger partial charge in [-0.15, -0.1) is 0 Å². The molecule has 0 saturated carbocycles. The molecular formula is C17H27FN2O5S. The van der Waals surface area contributed by atoms with Crippen LogP contribution in [0.5, 0.6) is 0 Å². The highest BCUT2D eigenvalue weighted by Crippen LogP contribution is 2.15. The van der Waals surface area contributed by atoms with E-state index in [1.165, 1.54) is 19.2 Å². The molecule has 0 heterocycles. The average Bonchev–Trinajstić information content (AvgIpc) is 2.61. The summed E-state index contributed by atoms with van der Waals surface area (Å²) in [7, 11) is -0.636. The molecule has 0 atom stereocenters. The third kappa shape index (κ3) is 8.22. The van der Waals surface area contributed by atoms with Crippen molar-refractivity contribution in [2.75, 3.05) is 47.1 Å². The van der Waals surface area contributed by atoms with Crippen LogP contribution in [0.1, 0.15) is 19.3 Å². The van der Waals surface area contributed by atoms with Gasteiger partial charge in [-0.05, 0) is 37.1 Å². The van der Waals surface area contributed by atoms with Gasteiger partial charge in [-0.3, -0.25) is 4.79 Å². The van der Waals surface area contributed by atoms with Crippen molar-refractivity contribution in [1.82, 2.24) is 9.62 Å². The highest BCUT2D eigenvalue weighted by Gasteiger charge is 2.20. The van der Waals surface area contributed by atoms with Crippen molar-refractivity contribution in [1.29, 1.82) is 0 Å². The molecule has 0 fully saturated rings. The van der Waals surface area contributed by atoms with Crippen molar-refractivity contribution in [2.24, 2.45) is 0 Å². The lowest BCUT2D eigenvalue weighted by Crippen LogP contribution is -2.30. The SMILES string of the molecule is COCCOCCCNC(=O)CCCN(C)S(=O)(=O)c1ccc(F)cc1. The van der Waals surface area contributed by atoms with Gasteiger partial charge < -0.3 is 14.8 Å². The van der Waals surface area contributed by atoms with Gasteiger partial charge in [0.15, 0.2) is 0 Å². The van der Waals surface area contributed by atoms with Gasteiger partial charge in [0.1, 0.15) is 5.82 Å². The topological polar surface area (TPSA) is 84.9 Å². The van der Waals surface area contributed by atoms with Crippen molar-refractivity contribution < 1.29 is 27.1 Å². The zero-order chi connectivity index (χ0) is 19.4. The van der Waals surface area contributed by atoms with Crippen LogP contribution in [0.3, 0.4) is 0 Å². The number of hydrogen-bond acceptors (Lipinski definition) is 5. The van der Waals surface area contributed by atoms with Gasteiger partial charge in [-0.1, -0.05) is 0 Å². The van der Waals surface area contributed by atoms with Crippen LogP contribution in [0, 0.1) is 5.82 Å². The molecule has 9 heteroatoms. The Morgan fingerprint density at radius 3 is 2.50 bits per heavy atom. The number of rotatable bonds is 13. The maximum Gasteiger partial charge on any atom is 0.242 e. The normalized spacial score (nSPS) is 11.7. The van der Waals surface area contributed by atoms with Crippen LogP contribution in [-0.4, -0.2) is 65.7 Å². The molecule has 1 aromatic carbocycles. The first-order chi connectivity index (χ1) is 12.4. The molecule has 148 valence electrons. The van der Waals surface area contributed by atoms with E-state index < -0.39 is 15.8 Å². The van der Waals surface area contributed by atoms with E-state index in [1.807, 2.05) is 0 Å². The van der Waals surface area contributed by atoms with Gasteiger partial charge in [-0.2, -0.15) is 0 Å². The Kier molecular flexibility index (Phi) is 10.3. The number of ether oxygens (including phenoxy) is 2. The van der Waals surface area contributed by atoms with Gasteiger partial charge in [0.05, 0.1) is 18.1 Å². The largest absolute Gasteiger partial charge is 0.382 e. The summed E-state index contributed by atoms with van der Waals surface area (Å²) in [6.07, 6.45) is 1.33. The lowest BCUT2D eigenvalue weighted by molar-refractivity contribution is -0.121. The lowest BCUT2D eigenvalue weighted by Gasteiger charge is -2.17. The first-order valence-electron chi connectivity index (χ1n) is 8.43. The van der Waals surface area contributed by atoms with Gasteiger partial charge in [-0.25, -0.2) is 17.1 Å². The molecule has 0 spiro atoms. The number of hydrogen-bond donors (Lipinski definition) is 1. The average molecular weight is 390 g/mol. The Bertz CT molecular complexity index is 637. The van der Waals surface area contributed by atoms with Crippen molar-refractivity contribution in [3.8, 4) is 0 Å². The van der Waals surface area contributed by atoms with E-state index in [9.17, 15) is 17.6 Å². The third-order valence-electron chi connectivity index (χ3n) is 3.62. The minimum absolute atomic E-state index is 0.0272. The molecule has 1 N–H and O–H groups in total. The molecule has 0 unspecified atom stereocenters. The Labute approximate surface area is 154 Å². The summed E-state index contributed by atoms with van der Waals surface area (Å²) >= 11 is 0. The molecule has 1 aromatic rings. The summed E-state index contributed by atoms with van der Waals surface area (Å²) in [5.41, 5.74) is 0. The predicted molar refractivity (Wildman–Crippen MR) is 95.8 cm³/mol. The Balaban J connectivity index is 2.23. The number of methoxy groups -OCH3 is 1. The number of nitrogens with zero attached hydrogens (tertiary/aromatic N) is 1. The number of carbonyl (C=O) groups excluding carboxylic acids is 1. The minimum Gasteiger partial charge on any atom is -0.382 e. The molecular weight excluding hydrogens is 363 g/mol. The number of carbonyl (C=O) groups is 1. The van der Waals surface area contributed by atoms with Crippen LogP contribution in [0.4, 0.5) is 4.39 Å². The number of halogens is 1. The predicted octanol–water partition coefficient (Wildman–Crippen LogP) is 1.40. The second-order valence-corrected chi connectivity index (χ2v) is 7.74. The number of amides is 1. The van der Waals surface area contributed by atoms with Crippen LogP contribution in [0.25, 0.3) is 0 Å². The summed E-state index contributed by atoms with van der Waals surface area (Å²) in [6.45, 7) is 2.32. The van der Waals surface area contributed by atoms with Crippen LogP contribution >= 0.6 is 0 Å². The van der Waals surface area contributed by atoms with Gasteiger partial charge in [0.25, 0.3) is 0 Å². The summed E-state index contributed by atoms with van der Waals surface area (Å²) in [5.74, 6) is -0.623. The summed E-state index contributed by atoms with van der Waals surface area (Å²) in [6, 6.07) is 4.66. The maximum absolute atomic E-state index is 12.9. The lowest BCUT2D eigenvalue weighted by atomic mass is 10.3. The standard InChI is InChI=1S/C17H27FN2O5S/c1-20(26(22,23)16-8-6-15(18)7-9-16)11-3-5-17(21)19-10-4-12-25-14-13-24-2/h6-9H,3-5,10-14H2,1-2H3,(H,19,21). The Morgan fingerprint density at radius 2 is 1.85 bits per heavy atom. The molecule has 1 rings (SSSR count). The number of benzene rings is 1. The van der Waals surface area contributed by atoms with E-state index in [0.717, 1.165) is 16.4 Å². The van der Waals surface area contributed by atoms with Crippen LogP contribution in [-0.2, 0) is 24.3 Å². The minimum atomic E-state index is -3.68. The first kappa shape index (κ1) is 22.5. The zero-order valence-electron chi connectivity index (χ0n) is 15.2. The molecule has 1 amide bonds.